The van der Waals surface area contributed by atoms with Crippen molar-refractivity contribution < 1.29 is 9.90 Å². The molecule has 0 radical (unpaired) electrons. The largest absolute Gasteiger partial charge is 0.481 e. The summed E-state index contributed by atoms with van der Waals surface area (Å²) >= 11 is 3.25. The van der Waals surface area contributed by atoms with Crippen molar-refractivity contribution in [3.8, 4) is 0 Å². The summed E-state index contributed by atoms with van der Waals surface area (Å²) in [6.45, 7) is 1.64. The number of carbonyl (C=O) groups is 1. The summed E-state index contributed by atoms with van der Waals surface area (Å²) in [6.07, 6.45) is 0. The van der Waals surface area contributed by atoms with E-state index in [1.165, 1.54) is 0 Å². The highest BCUT2D eigenvalue weighted by molar-refractivity contribution is 9.10. The highest BCUT2D eigenvalue weighted by atomic mass is 79.9. The first-order valence-electron chi connectivity index (χ1n) is 3.80. The van der Waals surface area contributed by atoms with Gasteiger partial charge in [0.25, 0.3) is 0 Å². The smallest absolute Gasteiger partial charge is 0.310 e. The van der Waals surface area contributed by atoms with Crippen LogP contribution in [0.3, 0.4) is 0 Å². The van der Waals surface area contributed by atoms with E-state index in [-0.39, 0.29) is 0 Å². The van der Waals surface area contributed by atoms with Gasteiger partial charge in [0.05, 0.1) is 5.92 Å². The van der Waals surface area contributed by atoms with Crippen LogP contribution in [-0.4, -0.2) is 11.1 Å². The zero-order valence-corrected chi connectivity index (χ0v) is 8.71. The number of aliphatic carboxylic acids is 1. The molecular formula is C9H10BrNO2. The molecule has 4 heteroatoms. The van der Waals surface area contributed by atoms with Gasteiger partial charge >= 0.3 is 5.97 Å². The van der Waals surface area contributed by atoms with Gasteiger partial charge < -0.3 is 10.8 Å². The molecule has 13 heavy (non-hydrogen) atoms. The van der Waals surface area contributed by atoms with Crippen LogP contribution < -0.4 is 5.73 Å². The van der Waals surface area contributed by atoms with Crippen molar-refractivity contribution in [1.29, 1.82) is 0 Å². The number of carboxylic acid groups (broad SMARTS) is 1. The molecule has 3 nitrogen and oxygen atoms in total. The van der Waals surface area contributed by atoms with Crippen molar-refractivity contribution in [2.24, 2.45) is 0 Å². The van der Waals surface area contributed by atoms with Crippen LogP contribution in [0.2, 0.25) is 0 Å². The molecule has 0 heterocycles. The molecule has 70 valence electrons. The van der Waals surface area contributed by atoms with Crippen molar-refractivity contribution >= 4 is 27.6 Å². The van der Waals surface area contributed by atoms with Crippen molar-refractivity contribution in [3.05, 3.63) is 28.2 Å². The summed E-state index contributed by atoms with van der Waals surface area (Å²) in [5.74, 6) is -1.34. The first-order chi connectivity index (χ1) is 6.02. The van der Waals surface area contributed by atoms with Gasteiger partial charge in [-0.05, 0) is 40.5 Å². The molecule has 1 rings (SSSR count). The van der Waals surface area contributed by atoms with Crippen LogP contribution in [0.25, 0.3) is 0 Å². The molecule has 0 unspecified atom stereocenters. The molecule has 0 aromatic heterocycles. The van der Waals surface area contributed by atoms with Gasteiger partial charge in [0.15, 0.2) is 0 Å². The van der Waals surface area contributed by atoms with Gasteiger partial charge in [0, 0.05) is 10.2 Å². The minimum absolute atomic E-state index is 0.503. The van der Waals surface area contributed by atoms with E-state index in [1.807, 2.05) is 0 Å². The molecule has 1 atom stereocenters. The highest BCUT2D eigenvalue weighted by Crippen LogP contribution is 2.24. The van der Waals surface area contributed by atoms with Gasteiger partial charge in [-0.2, -0.15) is 0 Å². The van der Waals surface area contributed by atoms with Crippen molar-refractivity contribution in [2.75, 3.05) is 5.73 Å². The van der Waals surface area contributed by atoms with Gasteiger partial charge in [-0.1, -0.05) is 6.07 Å². The maximum absolute atomic E-state index is 10.6. The van der Waals surface area contributed by atoms with E-state index in [4.69, 9.17) is 10.8 Å². The van der Waals surface area contributed by atoms with Crippen LogP contribution in [-0.2, 0) is 4.79 Å². The fourth-order valence-corrected chi connectivity index (χ4v) is 1.35. The molecule has 0 saturated carbocycles. The lowest BCUT2D eigenvalue weighted by Gasteiger charge is -2.07. The fourth-order valence-electron chi connectivity index (χ4n) is 0.955. The molecule has 1 aromatic carbocycles. The Morgan fingerprint density at radius 3 is 2.69 bits per heavy atom. The van der Waals surface area contributed by atoms with E-state index >= 15 is 0 Å². The molecule has 0 fully saturated rings. The Kier molecular flexibility index (Phi) is 2.93. The monoisotopic (exact) mass is 243 g/mol. The van der Waals surface area contributed by atoms with Crippen molar-refractivity contribution in [1.82, 2.24) is 0 Å². The van der Waals surface area contributed by atoms with Crippen LogP contribution in [0.15, 0.2) is 22.7 Å². The summed E-state index contributed by atoms with van der Waals surface area (Å²) in [4.78, 5) is 10.6. The van der Waals surface area contributed by atoms with E-state index in [1.54, 1.807) is 25.1 Å². The van der Waals surface area contributed by atoms with E-state index in [2.05, 4.69) is 15.9 Å². The zero-order valence-electron chi connectivity index (χ0n) is 7.12. The average molecular weight is 244 g/mol. The SMILES string of the molecule is C[C@H](C(=O)O)c1ccc(N)c(Br)c1. The van der Waals surface area contributed by atoms with E-state index in [9.17, 15) is 4.79 Å². The maximum Gasteiger partial charge on any atom is 0.310 e. The quantitative estimate of drug-likeness (QED) is 0.784. The third kappa shape index (κ3) is 2.21. The van der Waals surface area contributed by atoms with Crippen molar-refractivity contribution in [3.63, 3.8) is 0 Å². The Morgan fingerprint density at radius 1 is 1.62 bits per heavy atom. The molecule has 0 aliphatic heterocycles. The van der Waals surface area contributed by atoms with Gasteiger partial charge in [-0.25, -0.2) is 0 Å². The number of hydrogen-bond donors (Lipinski definition) is 2. The van der Waals surface area contributed by atoms with E-state index in [0.29, 0.717) is 5.69 Å². The number of benzene rings is 1. The second-order valence-electron chi connectivity index (χ2n) is 2.84. The first kappa shape index (κ1) is 10.1. The second-order valence-corrected chi connectivity index (χ2v) is 3.70. The number of anilines is 1. The topological polar surface area (TPSA) is 63.3 Å². The summed E-state index contributed by atoms with van der Waals surface area (Å²) in [5.41, 5.74) is 6.93. The Bertz CT molecular complexity index is 338. The van der Waals surface area contributed by atoms with Crippen LogP contribution in [0.4, 0.5) is 5.69 Å². The predicted octanol–water partition coefficient (Wildman–Crippen LogP) is 2.22. The number of hydrogen-bond acceptors (Lipinski definition) is 2. The Morgan fingerprint density at radius 2 is 2.23 bits per heavy atom. The summed E-state index contributed by atoms with van der Waals surface area (Å²) < 4.78 is 0.734. The molecule has 1 aromatic rings. The van der Waals surface area contributed by atoms with Crippen LogP contribution >= 0.6 is 15.9 Å². The molecule has 0 aliphatic carbocycles. The van der Waals surface area contributed by atoms with Gasteiger partial charge in [-0.3, -0.25) is 4.79 Å². The summed E-state index contributed by atoms with van der Waals surface area (Å²) in [7, 11) is 0. The zero-order chi connectivity index (χ0) is 10.0. The highest BCUT2D eigenvalue weighted by Gasteiger charge is 2.13. The van der Waals surface area contributed by atoms with Gasteiger partial charge in [0.1, 0.15) is 0 Å². The standard InChI is InChI=1S/C9H10BrNO2/c1-5(9(12)13)6-2-3-8(11)7(10)4-6/h2-5H,11H2,1H3,(H,12,13)/t5-/m0/s1. The van der Waals surface area contributed by atoms with Crippen LogP contribution in [0, 0.1) is 0 Å². The van der Waals surface area contributed by atoms with E-state index in [0.717, 1.165) is 10.0 Å². The van der Waals surface area contributed by atoms with Crippen molar-refractivity contribution in [2.45, 2.75) is 12.8 Å². The van der Waals surface area contributed by atoms with Gasteiger partial charge in [-0.15, -0.1) is 0 Å². The molecule has 0 saturated heterocycles. The molecule has 0 aliphatic rings. The number of nitrogens with two attached hydrogens (primary N) is 1. The summed E-state index contributed by atoms with van der Waals surface area (Å²) in [6, 6.07) is 5.14. The number of carboxylic acids is 1. The summed E-state index contributed by atoms with van der Waals surface area (Å²) in [5, 5.41) is 8.75. The fraction of sp³-hybridized carbons (Fsp3) is 0.222. The second kappa shape index (κ2) is 3.79. The lowest BCUT2D eigenvalue weighted by atomic mass is 10.0. The van der Waals surface area contributed by atoms with E-state index < -0.39 is 11.9 Å². The Labute approximate surface area is 84.7 Å². The molecule has 0 spiro atoms. The maximum atomic E-state index is 10.6. The Hall–Kier alpha value is -1.03. The molecule has 3 N–H and O–H groups in total. The van der Waals surface area contributed by atoms with Gasteiger partial charge in [0.2, 0.25) is 0 Å². The lowest BCUT2D eigenvalue weighted by Crippen LogP contribution is -2.07. The predicted molar refractivity (Wildman–Crippen MR) is 54.6 cm³/mol. The van der Waals surface area contributed by atoms with Crippen LogP contribution in [0.5, 0.6) is 0 Å². The first-order valence-corrected chi connectivity index (χ1v) is 4.59. The number of halogens is 1. The molecule has 0 amide bonds. The number of nitrogen functional groups attached to an aromatic ring is 1. The third-order valence-corrected chi connectivity index (χ3v) is 2.58. The third-order valence-electron chi connectivity index (χ3n) is 1.89. The minimum atomic E-state index is -0.836. The molecular weight excluding hydrogens is 234 g/mol. The number of rotatable bonds is 2. The minimum Gasteiger partial charge on any atom is -0.481 e. The van der Waals surface area contributed by atoms with Crippen LogP contribution in [0.1, 0.15) is 18.4 Å². The Balaban J connectivity index is 3.03. The molecule has 0 bridgehead atoms. The normalized spacial score (nSPS) is 12.5. The lowest BCUT2D eigenvalue weighted by molar-refractivity contribution is -0.138. The average Bonchev–Trinajstić information content (AvgIpc) is 2.08.